The summed E-state index contributed by atoms with van der Waals surface area (Å²) >= 11 is 0. The highest BCUT2D eigenvalue weighted by Crippen LogP contribution is 2.59. The molecule has 3 fully saturated rings. The molecule has 3 rings (SSSR count). The fraction of sp³-hybridized carbons (Fsp3) is 0.704. The van der Waals surface area contributed by atoms with Crippen molar-refractivity contribution in [1.29, 1.82) is 0 Å². The fourth-order valence-electron chi connectivity index (χ4n) is 6.21. The topological polar surface area (TPSA) is 60.7 Å². The summed E-state index contributed by atoms with van der Waals surface area (Å²) in [6.45, 7) is 12.4. The number of hydrogen-bond acceptors (Lipinski definition) is 3. The van der Waals surface area contributed by atoms with Gasteiger partial charge in [0.05, 0.1) is 17.8 Å². The molecule has 0 saturated heterocycles. The third-order valence-corrected chi connectivity index (χ3v) is 8.04. The van der Waals surface area contributed by atoms with Gasteiger partial charge in [-0.3, -0.25) is 0 Å². The first-order valence-corrected chi connectivity index (χ1v) is 11.8. The minimum Gasteiger partial charge on any atom is -0.390 e. The molecule has 3 aliphatic rings. The van der Waals surface area contributed by atoms with Gasteiger partial charge < -0.3 is 15.3 Å². The molecule has 0 radical (unpaired) electrons. The van der Waals surface area contributed by atoms with Gasteiger partial charge in [0, 0.05) is 0 Å². The van der Waals surface area contributed by atoms with Gasteiger partial charge in [-0.05, 0) is 101 Å². The zero-order valence-corrected chi connectivity index (χ0v) is 19.5. The van der Waals surface area contributed by atoms with Crippen LogP contribution in [0.5, 0.6) is 0 Å². The van der Waals surface area contributed by atoms with Crippen LogP contribution in [-0.4, -0.2) is 33.1 Å². The number of aliphatic hydroxyl groups excluding tert-OH is 2. The molecular formula is C27H42O3. The predicted molar refractivity (Wildman–Crippen MR) is 124 cm³/mol. The lowest BCUT2D eigenvalue weighted by Crippen LogP contribution is -2.33. The molecular weight excluding hydrogens is 372 g/mol. The van der Waals surface area contributed by atoms with Gasteiger partial charge in [-0.2, -0.15) is 0 Å². The third-order valence-electron chi connectivity index (χ3n) is 8.04. The molecule has 3 saturated carbocycles. The molecule has 168 valence electrons. The van der Waals surface area contributed by atoms with Crippen molar-refractivity contribution in [1.82, 2.24) is 0 Å². The summed E-state index contributed by atoms with van der Waals surface area (Å²) in [4.78, 5) is 0. The van der Waals surface area contributed by atoms with E-state index >= 15 is 0 Å². The van der Waals surface area contributed by atoms with Crippen molar-refractivity contribution in [3.8, 4) is 0 Å². The summed E-state index contributed by atoms with van der Waals surface area (Å²) in [6, 6.07) is 0. The van der Waals surface area contributed by atoms with E-state index in [1.54, 1.807) is 5.57 Å². The van der Waals surface area contributed by atoms with Crippen molar-refractivity contribution in [3.63, 3.8) is 0 Å². The van der Waals surface area contributed by atoms with Crippen LogP contribution in [0, 0.1) is 17.3 Å². The molecule has 0 aromatic rings. The van der Waals surface area contributed by atoms with Crippen molar-refractivity contribution in [3.05, 3.63) is 47.1 Å². The minimum atomic E-state index is -0.623. The number of aliphatic hydroxyl groups is 3. The maximum atomic E-state index is 10.1. The molecule has 0 spiro atoms. The van der Waals surface area contributed by atoms with Crippen LogP contribution < -0.4 is 0 Å². The number of fused-ring (bicyclic) bond motifs is 1. The number of hydrogen-bond donors (Lipinski definition) is 3. The van der Waals surface area contributed by atoms with E-state index in [9.17, 15) is 15.3 Å². The molecule has 3 nitrogen and oxygen atoms in total. The Morgan fingerprint density at radius 2 is 1.83 bits per heavy atom. The first-order valence-electron chi connectivity index (χ1n) is 11.8. The summed E-state index contributed by atoms with van der Waals surface area (Å²) in [7, 11) is 0. The second-order valence-electron chi connectivity index (χ2n) is 10.9. The van der Waals surface area contributed by atoms with Crippen molar-refractivity contribution in [2.45, 2.75) is 103 Å². The summed E-state index contributed by atoms with van der Waals surface area (Å²) in [6.07, 6.45) is 14.7. The van der Waals surface area contributed by atoms with E-state index in [0.717, 1.165) is 24.8 Å². The van der Waals surface area contributed by atoms with Crippen LogP contribution in [-0.2, 0) is 0 Å². The molecule has 0 aliphatic heterocycles. The van der Waals surface area contributed by atoms with Gasteiger partial charge in [0.2, 0.25) is 0 Å². The average molecular weight is 415 g/mol. The van der Waals surface area contributed by atoms with E-state index in [2.05, 4.69) is 38.7 Å². The largest absolute Gasteiger partial charge is 0.390 e. The highest BCUT2D eigenvalue weighted by molar-refractivity contribution is 5.30. The lowest BCUT2D eigenvalue weighted by Gasteiger charge is -2.43. The monoisotopic (exact) mass is 414 g/mol. The highest BCUT2D eigenvalue weighted by atomic mass is 16.3. The zero-order chi connectivity index (χ0) is 22.1. The Morgan fingerprint density at radius 3 is 2.47 bits per heavy atom. The van der Waals surface area contributed by atoms with Gasteiger partial charge >= 0.3 is 0 Å². The zero-order valence-electron chi connectivity index (χ0n) is 19.5. The van der Waals surface area contributed by atoms with E-state index in [1.165, 1.54) is 31.3 Å². The van der Waals surface area contributed by atoms with E-state index < -0.39 is 17.8 Å². The SMILES string of the molecule is C=C1C(O)CC(=C/C=C2\CCCC3(C)[C@@H](/C(C)=C/CCC(C)(C)O)CC[C@@H]23)C[C@H]1O. The maximum Gasteiger partial charge on any atom is 0.0809 e. The first-order chi connectivity index (χ1) is 14.0. The second-order valence-corrected chi connectivity index (χ2v) is 10.9. The van der Waals surface area contributed by atoms with Crippen LogP contribution in [0.3, 0.4) is 0 Å². The van der Waals surface area contributed by atoms with E-state index in [4.69, 9.17) is 0 Å². The molecule has 0 aromatic heterocycles. The molecule has 0 amide bonds. The first kappa shape index (κ1) is 23.5. The van der Waals surface area contributed by atoms with Crippen LogP contribution in [0.15, 0.2) is 47.1 Å². The lowest BCUT2D eigenvalue weighted by atomic mass is 9.62. The summed E-state index contributed by atoms with van der Waals surface area (Å²) < 4.78 is 0. The van der Waals surface area contributed by atoms with Gasteiger partial charge in [-0.1, -0.05) is 48.5 Å². The van der Waals surface area contributed by atoms with Crippen molar-refractivity contribution < 1.29 is 15.3 Å². The average Bonchev–Trinajstić information content (AvgIpc) is 3.00. The Labute approximate surface area is 183 Å². The van der Waals surface area contributed by atoms with E-state index in [0.29, 0.717) is 35.7 Å². The van der Waals surface area contributed by atoms with Crippen molar-refractivity contribution in [2.24, 2.45) is 17.3 Å². The Balaban J connectivity index is 1.73. The van der Waals surface area contributed by atoms with Crippen molar-refractivity contribution in [2.75, 3.05) is 0 Å². The van der Waals surface area contributed by atoms with Crippen LogP contribution in [0.25, 0.3) is 0 Å². The smallest absolute Gasteiger partial charge is 0.0809 e. The minimum absolute atomic E-state index is 0.317. The summed E-state index contributed by atoms with van der Waals surface area (Å²) in [5, 5.41) is 30.2. The molecule has 0 bridgehead atoms. The van der Waals surface area contributed by atoms with Crippen LogP contribution in [0.1, 0.15) is 85.5 Å². The van der Waals surface area contributed by atoms with Crippen LogP contribution in [0.2, 0.25) is 0 Å². The molecule has 3 heteroatoms. The summed E-state index contributed by atoms with van der Waals surface area (Å²) in [5.74, 6) is 1.25. The molecule has 3 aliphatic carbocycles. The normalized spacial score (nSPS) is 38.4. The Hall–Kier alpha value is -1.16. The molecule has 3 N–H and O–H groups in total. The third kappa shape index (κ3) is 5.18. The Kier molecular flexibility index (Phi) is 7.16. The van der Waals surface area contributed by atoms with E-state index in [1.807, 2.05) is 13.8 Å². The molecule has 2 unspecified atom stereocenters. The molecule has 30 heavy (non-hydrogen) atoms. The number of allylic oxidation sites excluding steroid dienone is 5. The summed E-state index contributed by atoms with van der Waals surface area (Å²) in [5.41, 5.74) is 4.45. The predicted octanol–water partition coefficient (Wildman–Crippen LogP) is 5.62. The quantitative estimate of drug-likeness (QED) is 0.511. The number of rotatable bonds is 5. The molecule has 0 heterocycles. The van der Waals surface area contributed by atoms with Gasteiger partial charge in [-0.25, -0.2) is 0 Å². The highest BCUT2D eigenvalue weighted by Gasteiger charge is 2.49. The van der Waals surface area contributed by atoms with Gasteiger partial charge in [0.25, 0.3) is 0 Å². The Bertz CT molecular complexity index is 720. The Morgan fingerprint density at radius 1 is 1.17 bits per heavy atom. The van der Waals surface area contributed by atoms with E-state index in [-0.39, 0.29) is 0 Å². The van der Waals surface area contributed by atoms with Gasteiger partial charge in [0.15, 0.2) is 0 Å². The fourth-order valence-corrected chi connectivity index (χ4v) is 6.21. The lowest BCUT2D eigenvalue weighted by molar-refractivity contribution is 0.0720. The second kappa shape index (κ2) is 9.14. The standard InChI is InChI=1S/C27H42O3/c1-18(8-6-14-26(3,4)30)22-12-13-23-21(9-7-15-27(22,23)5)11-10-20-16-24(28)19(2)25(29)17-20/h8,10-11,22-25,28-30H,2,6-7,9,12-17H2,1,3-5H3/b18-8+,20-10?,21-11+/t22-,23+,24-,25?,27?/m1/s1. The van der Waals surface area contributed by atoms with Gasteiger partial charge in [-0.15, -0.1) is 0 Å². The molecule has 5 atom stereocenters. The maximum absolute atomic E-state index is 10.1. The molecule has 0 aromatic carbocycles. The van der Waals surface area contributed by atoms with Crippen LogP contribution >= 0.6 is 0 Å². The van der Waals surface area contributed by atoms with Gasteiger partial charge in [0.1, 0.15) is 0 Å². The van der Waals surface area contributed by atoms with Crippen molar-refractivity contribution >= 4 is 0 Å². The van der Waals surface area contributed by atoms with Crippen LogP contribution in [0.4, 0.5) is 0 Å².